The molecular formula is C46H70O3. The van der Waals surface area contributed by atoms with Crippen LogP contribution in [0.15, 0.2) is 48.6 Å². The molecule has 3 unspecified atom stereocenters. The van der Waals surface area contributed by atoms with Crippen LogP contribution in [0.1, 0.15) is 173 Å². The maximum atomic E-state index is 10.1. The molecule has 0 spiro atoms. The Morgan fingerprint density at radius 1 is 0.449 bits per heavy atom. The molecule has 0 radical (unpaired) electrons. The molecule has 0 saturated carbocycles. The summed E-state index contributed by atoms with van der Waals surface area (Å²) in [5.74, 6) is 15.9. The molecule has 49 heavy (non-hydrogen) atoms. The van der Waals surface area contributed by atoms with E-state index in [1.807, 2.05) is 12.2 Å². The minimum atomic E-state index is -1.01. The minimum Gasteiger partial charge on any atom is -0.380 e. The molecule has 0 fully saturated rings. The van der Waals surface area contributed by atoms with E-state index in [2.05, 4.69) is 65.9 Å². The van der Waals surface area contributed by atoms with Gasteiger partial charge in [0.15, 0.2) is 6.10 Å². The van der Waals surface area contributed by atoms with Crippen molar-refractivity contribution >= 4 is 0 Å². The van der Waals surface area contributed by atoms with Crippen LogP contribution in [-0.4, -0.2) is 33.6 Å². The molecule has 0 amide bonds. The predicted octanol–water partition coefficient (Wildman–Crippen LogP) is 11.1. The Morgan fingerprint density at radius 3 is 1.39 bits per heavy atom. The fraction of sp³-hybridized carbons (Fsp3) is 0.652. The van der Waals surface area contributed by atoms with Crippen LogP contribution in [0.3, 0.4) is 0 Å². The van der Waals surface area contributed by atoms with Gasteiger partial charge in [-0.05, 0) is 102 Å². The Morgan fingerprint density at radius 2 is 0.878 bits per heavy atom. The van der Waals surface area contributed by atoms with Gasteiger partial charge in [-0.25, -0.2) is 0 Å². The van der Waals surface area contributed by atoms with E-state index in [-0.39, 0.29) is 0 Å². The third kappa shape index (κ3) is 39.4. The summed E-state index contributed by atoms with van der Waals surface area (Å²) in [4.78, 5) is 0. The summed E-state index contributed by atoms with van der Waals surface area (Å²) in [6.45, 7) is 0. The zero-order valence-corrected chi connectivity index (χ0v) is 30.9. The number of hydrogen-bond donors (Lipinski definition) is 3. The molecule has 0 saturated heterocycles. The lowest BCUT2D eigenvalue weighted by Gasteiger charge is -2.02. The summed E-state index contributed by atoms with van der Waals surface area (Å²) in [6.07, 6.45) is 56.4. The van der Waals surface area contributed by atoms with E-state index in [0.29, 0.717) is 6.42 Å². The van der Waals surface area contributed by atoms with Crippen LogP contribution in [0.4, 0.5) is 0 Å². The molecule has 0 bridgehead atoms. The van der Waals surface area contributed by atoms with Crippen molar-refractivity contribution in [1.82, 2.24) is 0 Å². The second-order valence-electron chi connectivity index (χ2n) is 13.1. The smallest absolute Gasteiger partial charge is 0.176 e. The monoisotopic (exact) mass is 671 g/mol. The molecular weight excluding hydrogens is 601 g/mol. The van der Waals surface area contributed by atoms with Gasteiger partial charge in [0.1, 0.15) is 12.2 Å². The molecule has 272 valence electrons. The van der Waals surface area contributed by atoms with Gasteiger partial charge in [0.2, 0.25) is 0 Å². The van der Waals surface area contributed by atoms with Gasteiger partial charge < -0.3 is 15.3 Å². The van der Waals surface area contributed by atoms with E-state index in [9.17, 15) is 15.3 Å². The first-order valence-electron chi connectivity index (χ1n) is 19.7. The van der Waals surface area contributed by atoms with E-state index in [1.54, 1.807) is 6.08 Å². The normalized spacial score (nSPS) is 13.2. The summed E-state index contributed by atoms with van der Waals surface area (Å²) >= 11 is 0. The minimum absolute atomic E-state index is 0.605. The van der Waals surface area contributed by atoms with Crippen LogP contribution in [0.2, 0.25) is 0 Å². The Balaban J connectivity index is 3.51. The van der Waals surface area contributed by atoms with Gasteiger partial charge in [-0.15, -0.1) is 12.8 Å². The fourth-order valence-electron chi connectivity index (χ4n) is 5.43. The maximum absolute atomic E-state index is 10.1. The van der Waals surface area contributed by atoms with Crippen molar-refractivity contribution in [3.8, 4) is 48.4 Å². The number of aliphatic hydroxyl groups excluding tert-OH is 3. The molecule has 3 atom stereocenters. The maximum Gasteiger partial charge on any atom is 0.176 e. The fourth-order valence-corrected chi connectivity index (χ4v) is 5.43. The first-order chi connectivity index (χ1) is 24.1. The lowest BCUT2D eigenvalue weighted by molar-refractivity contribution is 0.218. The standard InChI is InChI=1S/C46H70O3/c1-3-5-6-7-8-9-10-11-12-13-14-15-16-17-18-19-20-21-22-23-24-25-26-27-31-34-37-40-45(48)42-43-46(49)41-38-35-32-29-28-30-33-36-39-44(47)4-2/h1-2,5-6,21-22,27,31,36,39,44-49H,7-20,23-26,28-30,32-35,37,40H2/b6-5-,22-21-,31-27-,39-36+. The van der Waals surface area contributed by atoms with Gasteiger partial charge in [-0.2, -0.15) is 0 Å². The van der Waals surface area contributed by atoms with Gasteiger partial charge in [0.25, 0.3) is 0 Å². The summed E-state index contributed by atoms with van der Waals surface area (Å²) in [6, 6.07) is 0. The highest BCUT2D eigenvalue weighted by atomic mass is 16.3. The predicted molar refractivity (Wildman–Crippen MR) is 212 cm³/mol. The highest BCUT2D eigenvalue weighted by molar-refractivity contribution is 5.20. The number of aliphatic hydroxyl groups is 3. The van der Waals surface area contributed by atoms with E-state index in [4.69, 9.17) is 12.8 Å². The molecule has 3 nitrogen and oxygen atoms in total. The highest BCUT2D eigenvalue weighted by Gasteiger charge is 1.99. The first-order valence-corrected chi connectivity index (χ1v) is 19.7. The molecule has 0 aliphatic heterocycles. The van der Waals surface area contributed by atoms with Crippen molar-refractivity contribution in [2.75, 3.05) is 0 Å². The summed E-state index contributed by atoms with van der Waals surface area (Å²) < 4.78 is 0. The molecule has 0 rings (SSSR count). The number of unbranched alkanes of at least 4 members (excludes halogenated alkanes) is 22. The largest absolute Gasteiger partial charge is 0.380 e. The summed E-state index contributed by atoms with van der Waals surface area (Å²) in [5, 5.41) is 29.2. The van der Waals surface area contributed by atoms with Gasteiger partial charge >= 0.3 is 0 Å². The number of allylic oxidation sites excluding steroid dienone is 7. The van der Waals surface area contributed by atoms with Gasteiger partial charge in [-0.3, -0.25) is 0 Å². The molecule has 3 N–H and O–H groups in total. The van der Waals surface area contributed by atoms with Crippen LogP contribution < -0.4 is 0 Å². The average molecular weight is 671 g/mol. The van der Waals surface area contributed by atoms with E-state index < -0.39 is 18.3 Å². The van der Waals surface area contributed by atoms with Crippen LogP contribution in [0.5, 0.6) is 0 Å². The molecule has 0 heterocycles. The van der Waals surface area contributed by atoms with E-state index in [1.165, 1.54) is 103 Å². The van der Waals surface area contributed by atoms with Crippen LogP contribution in [0, 0.1) is 48.4 Å². The van der Waals surface area contributed by atoms with E-state index in [0.717, 1.165) is 64.2 Å². The quantitative estimate of drug-likeness (QED) is 0.0391. The van der Waals surface area contributed by atoms with Gasteiger partial charge in [0.05, 0.1) is 0 Å². The van der Waals surface area contributed by atoms with Gasteiger partial charge in [0, 0.05) is 6.42 Å². The molecule has 0 aromatic rings. The molecule has 0 aromatic carbocycles. The highest BCUT2D eigenvalue weighted by Crippen LogP contribution is 2.14. The third-order valence-electron chi connectivity index (χ3n) is 8.42. The zero-order chi connectivity index (χ0) is 35.7. The average Bonchev–Trinajstić information content (AvgIpc) is 3.11. The van der Waals surface area contributed by atoms with E-state index >= 15 is 0 Å². The van der Waals surface area contributed by atoms with Crippen molar-refractivity contribution in [1.29, 1.82) is 0 Å². The van der Waals surface area contributed by atoms with Crippen LogP contribution >= 0.6 is 0 Å². The summed E-state index contributed by atoms with van der Waals surface area (Å²) in [5.41, 5.74) is 0. The zero-order valence-electron chi connectivity index (χ0n) is 30.9. The van der Waals surface area contributed by atoms with Gasteiger partial charge in [-0.1, -0.05) is 149 Å². The third-order valence-corrected chi connectivity index (χ3v) is 8.42. The Bertz CT molecular complexity index is 1060. The van der Waals surface area contributed by atoms with Crippen molar-refractivity contribution < 1.29 is 15.3 Å². The van der Waals surface area contributed by atoms with Crippen LogP contribution in [-0.2, 0) is 0 Å². The van der Waals surface area contributed by atoms with Crippen LogP contribution in [0.25, 0.3) is 0 Å². The second-order valence-corrected chi connectivity index (χ2v) is 13.1. The molecule has 0 aromatic heterocycles. The van der Waals surface area contributed by atoms with Crippen molar-refractivity contribution in [3.63, 3.8) is 0 Å². The SMILES string of the molecule is C#C/C=C\CCCCCCCCCCCCCC/C=C\CCCC/C=C\CCCC(O)C#CC(O)C#CCCCCCC/C=C/C(O)C#C. The lowest BCUT2D eigenvalue weighted by Crippen LogP contribution is -2.05. The molecule has 3 heteroatoms. The van der Waals surface area contributed by atoms with Crippen molar-refractivity contribution in [2.24, 2.45) is 0 Å². The molecule has 0 aliphatic carbocycles. The topological polar surface area (TPSA) is 60.7 Å². The number of rotatable bonds is 31. The first kappa shape index (κ1) is 46.1. The Hall–Kier alpha value is -2.92. The number of hydrogen-bond acceptors (Lipinski definition) is 3. The lowest BCUT2D eigenvalue weighted by atomic mass is 10.0. The molecule has 0 aliphatic rings. The number of terminal acetylenes is 2. The second kappa shape index (κ2) is 39.5. The Kier molecular flexibility index (Phi) is 37.2. The van der Waals surface area contributed by atoms with Crippen molar-refractivity contribution in [2.45, 2.75) is 192 Å². The Labute approximate surface area is 303 Å². The van der Waals surface area contributed by atoms with Crippen molar-refractivity contribution in [3.05, 3.63) is 48.6 Å². The summed E-state index contributed by atoms with van der Waals surface area (Å²) in [7, 11) is 0.